The third-order valence-corrected chi connectivity index (χ3v) is 4.74. The molecule has 2 aromatic carbocycles. The van der Waals surface area contributed by atoms with Crippen LogP contribution in [0.2, 0.25) is 0 Å². The van der Waals surface area contributed by atoms with Crippen molar-refractivity contribution in [1.29, 1.82) is 0 Å². The number of hydrogen-bond acceptors (Lipinski definition) is 6. The molecule has 0 heterocycles. The molecule has 158 valence electrons. The van der Waals surface area contributed by atoms with Gasteiger partial charge in [0.1, 0.15) is 6.04 Å². The van der Waals surface area contributed by atoms with E-state index in [2.05, 4.69) is 5.32 Å². The third kappa shape index (κ3) is 6.01. The fourth-order valence-corrected chi connectivity index (χ4v) is 2.74. The standard InChI is InChI=1S/C23H25NO6/c1-4-15(2)20(23(28)29-3)24-19(25)14-30-22(27)18-12-10-17(11-13-18)21(26)16-8-6-5-7-9-16/h5-13,15,20H,4,14H2,1-3H3,(H,24,25)/t15-,20-/m1/s1. The molecule has 2 rings (SSSR count). The topological polar surface area (TPSA) is 98.8 Å². The first-order chi connectivity index (χ1) is 14.4. The maximum Gasteiger partial charge on any atom is 0.338 e. The number of hydrogen-bond donors (Lipinski definition) is 1. The number of carbonyl (C=O) groups excluding carboxylic acids is 4. The zero-order valence-electron chi connectivity index (χ0n) is 17.2. The molecule has 0 aliphatic heterocycles. The Morgan fingerprint density at radius 3 is 2.03 bits per heavy atom. The van der Waals surface area contributed by atoms with Crippen molar-refractivity contribution in [1.82, 2.24) is 5.32 Å². The molecule has 7 heteroatoms. The highest BCUT2D eigenvalue weighted by atomic mass is 16.5. The molecular weight excluding hydrogens is 386 g/mol. The Hall–Kier alpha value is -3.48. The Morgan fingerprint density at radius 2 is 1.47 bits per heavy atom. The van der Waals surface area contributed by atoms with E-state index in [4.69, 9.17) is 9.47 Å². The molecule has 30 heavy (non-hydrogen) atoms. The highest BCUT2D eigenvalue weighted by molar-refractivity contribution is 6.09. The summed E-state index contributed by atoms with van der Waals surface area (Å²) < 4.78 is 9.72. The predicted octanol–water partition coefficient (Wildman–Crippen LogP) is 2.78. The van der Waals surface area contributed by atoms with Gasteiger partial charge < -0.3 is 14.8 Å². The van der Waals surface area contributed by atoms with Crippen LogP contribution in [0.25, 0.3) is 0 Å². The molecule has 1 N–H and O–H groups in total. The second kappa shape index (κ2) is 10.9. The second-order valence-electron chi connectivity index (χ2n) is 6.80. The van der Waals surface area contributed by atoms with Gasteiger partial charge in [-0.05, 0) is 18.1 Å². The summed E-state index contributed by atoms with van der Waals surface area (Å²) in [5, 5.41) is 2.53. The van der Waals surface area contributed by atoms with E-state index >= 15 is 0 Å². The molecule has 0 radical (unpaired) electrons. The summed E-state index contributed by atoms with van der Waals surface area (Å²) in [4.78, 5) is 48.5. The van der Waals surface area contributed by atoms with E-state index in [1.54, 1.807) is 24.3 Å². The molecule has 0 unspecified atom stereocenters. The molecule has 2 atom stereocenters. The Kier molecular flexibility index (Phi) is 8.29. The highest BCUT2D eigenvalue weighted by Gasteiger charge is 2.27. The first-order valence-corrected chi connectivity index (χ1v) is 9.61. The average molecular weight is 411 g/mol. The molecule has 0 aliphatic rings. The lowest BCUT2D eigenvalue weighted by Crippen LogP contribution is -2.47. The molecular formula is C23H25NO6. The number of methoxy groups -OCH3 is 1. The van der Waals surface area contributed by atoms with Gasteiger partial charge in [-0.25, -0.2) is 9.59 Å². The fraction of sp³-hybridized carbons (Fsp3) is 0.304. The Bertz CT molecular complexity index is 892. The van der Waals surface area contributed by atoms with Gasteiger partial charge in [-0.1, -0.05) is 62.7 Å². The molecule has 0 saturated carbocycles. The molecule has 0 aromatic heterocycles. The monoisotopic (exact) mass is 411 g/mol. The normalized spacial score (nSPS) is 12.4. The Morgan fingerprint density at radius 1 is 0.900 bits per heavy atom. The number of rotatable bonds is 9. The van der Waals surface area contributed by atoms with E-state index in [0.29, 0.717) is 17.5 Å². The summed E-state index contributed by atoms with van der Waals surface area (Å²) in [6.45, 7) is 3.17. The summed E-state index contributed by atoms with van der Waals surface area (Å²) in [5.74, 6) is -2.15. The van der Waals surface area contributed by atoms with Crippen molar-refractivity contribution in [2.75, 3.05) is 13.7 Å². The predicted molar refractivity (Wildman–Crippen MR) is 110 cm³/mol. The summed E-state index contributed by atoms with van der Waals surface area (Å²) >= 11 is 0. The summed E-state index contributed by atoms with van der Waals surface area (Å²) in [7, 11) is 1.25. The first-order valence-electron chi connectivity index (χ1n) is 9.61. The van der Waals surface area contributed by atoms with E-state index in [0.717, 1.165) is 0 Å². The largest absolute Gasteiger partial charge is 0.467 e. The minimum absolute atomic E-state index is 0.133. The van der Waals surface area contributed by atoms with Crippen LogP contribution in [0.5, 0.6) is 0 Å². The van der Waals surface area contributed by atoms with E-state index in [1.165, 1.54) is 31.4 Å². The lowest BCUT2D eigenvalue weighted by atomic mass is 9.99. The summed E-state index contributed by atoms with van der Waals surface area (Å²) in [6.07, 6.45) is 0.661. The van der Waals surface area contributed by atoms with Crippen molar-refractivity contribution in [3.63, 3.8) is 0 Å². The smallest absolute Gasteiger partial charge is 0.338 e. The van der Waals surface area contributed by atoms with Crippen molar-refractivity contribution in [2.45, 2.75) is 26.3 Å². The van der Waals surface area contributed by atoms with E-state index < -0.39 is 30.5 Å². The van der Waals surface area contributed by atoms with E-state index in [9.17, 15) is 19.2 Å². The lowest BCUT2D eigenvalue weighted by Gasteiger charge is -2.21. The molecule has 0 spiro atoms. The van der Waals surface area contributed by atoms with Gasteiger partial charge in [-0.3, -0.25) is 9.59 Å². The van der Waals surface area contributed by atoms with Gasteiger partial charge in [0.2, 0.25) is 0 Å². The van der Waals surface area contributed by atoms with Gasteiger partial charge in [0, 0.05) is 11.1 Å². The molecule has 2 aromatic rings. The zero-order valence-corrected chi connectivity index (χ0v) is 17.2. The summed E-state index contributed by atoms with van der Waals surface area (Å²) in [6, 6.07) is 14.0. The van der Waals surface area contributed by atoms with Crippen LogP contribution in [0.3, 0.4) is 0 Å². The van der Waals surface area contributed by atoms with E-state index in [-0.39, 0.29) is 17.3 Å². The van der Waals surface area contributed by atoms with Crippen molar-refractivity contribution < 1.29 is 28.7 Å². The van der Waals surface area contributed by atoms with Gasteiger partial charge in [-0.2, -0.15) is 0 Å². The lowest BCUT2D eigenvalue weighted by molar-refractivity contribution is -0.147. The molecule has 7 nitrogen and oxygen atoms in total. The van der Waals surface area contributed by atoms with Crippen molar-refractivity contribution in [3.05, 3.63) is 71.3 Å². The second-order valence-corrected chi connectivity index (χ2v) is 6.80. The number of amides is 1. The van der Waals surface area contributed by atoms with Crippen LogP contribution in [0.15, 0.2) is 54.6 Å². The van der Waals surface area contributed by atoms with Gasteiger partial charge >= 0.3 is 11.9 Å². The maximum absolute atomic E-state index is 12.4. The third-order valence-electron chi connectivity index (χ3n) is 4.74. The first kappa shape index (κ1) is 22.8. The highest BCUT2D eigenvalue weighted by Crippen LogP contribution is 2.12. The number of carbonyl (C=O) groups is 4. The van der Waals surface area contributed by atoms with Crippen LogP contribution < -0.4 is 5.32 Å². The Balaban J connectivity index is 1.93. The number of ether oxygens (including phenoxy) is 2. The van der Waals surface area contributed by atoms with Crippen molar-refractivity contribution >= 4 is 23.6 Å². The SMILES string of the molecule is CC[C@@H](C)[C@@H](NC(=O)COC(=O)c1ccc(C(=O)c2ccccc2)cc1)C(=O)OC. The fourth-order valence-electron chi connectivity index (χ4n) is 2.74. The van der Waals surface area contributed by atoms with Crippen LogP contribution in [-0.4, -0.2) is 43.4 Å². The minimum Gasteiger partial charge on any atom is -0.467 e. The molecule has 0 fully saturated rings. The van der Waals surface area contributed by atoms with Crippen molar-refractivity contribution in [3.8, 4) is 0 Å². The van der Waals surface area contributed by atoms with Crippen LogP contribution >= 0.6 is 0 Å². The van der Waals surface area contributed by atoms with Gasteiger partial charge in [0.15, 0.2) is 12.4 Å². The molecule has 0 saturated heterocycles. The van der Waals surface area contributed by atoms with Crippen LogP contribution in [0.1, 0.15) is 46.5 Å². The minimum atomic E-state index is -0.811. The molecule has 0 bridgehead atoms. The number of ketones is 1. The number of benzene rings is 2. The number of esters is 2. The average Bonchev–Trinajstić information content (AvgIpc) is 2.80. The molecule has 1 amide bonds. The number of nitrogens with one attached hydrogen (secondary N) is 1. The van der Waals surface area contributed by atoms with Gasteiger partial charge in [0.05, 0.1) is 12.7 Å². The zero-order chi connectivity index (χ0) is 22.1. The summed E-state index contributed by atoms with van der Waals surface area (Å²) in [5.41, 5.74) is 1.19. The van der Waals surface area contributed by atoms with Crippen LogP contribution in [0.4, 0.5) is 0 Å². The van der Waals surface area contributed by atoms with Gasteiger partial charge in [0.25, 0.3) is 5.91 Å². The van der Waals surface area contributed by atoms with Crippen LogP contribution in [0, 0.1) is 5.92 Å². The quantitative estimate of drug-likeness (QED) is 0.503. The van der Waals surface area contributed by atoms with Gasteiger partial charge in [-0.15, -0.1) is 0 Å². The van der Waals surface area contributed by atoms with E-state index in [1.807, 2.05) is 19.9 Å². The van der Waals surface area contributed by atoms with Crippen LogP contribution in [-0.2, 0) is 19.1 Å². The maximum atomic E-state index is 12.4. The molecule has 0 aliphatic carbocycles. The Labute approximate surface area is 175 Å². The van der Waals surface area contributed by atoms with Crippen molar-refractivity contribution in [2.24, 2.45) is 5.92 Å².